The van der Waals surface area contributed by atoms with Crippen molar-refractivity contribution in [3.8, 4) is 11.5 Å². The van der Waals surface area contributed by atoms with Gasteiger partial charge in [0.1, 0.15) is 0 Å². The molecule has 8 heteroatoms. The van der Waals surface area contributed by atoms with Gasteiger partial charge < -0.3 is 14.2 Å². The van der Waals surface area contributed by atoms with Gasteiger partial charge in [0.25, 0.3) is 5.56 Å². The highest BCUT2D eigenvalue weighted by Crippen LogP contribution is 2.31. The number of rotatable bonds is 7. The van der Waals surface area contributed by atoms with Gasteiger partial charge in [0, 0.05) is 0 Å². The van der Waals surface area contributed by atoms with Crippen molar-refractivity contribution < 1.29 is 19.0 Å². The molecule has 0 amide bonds. The second-order valence-electron chi connectivity index (χ2n) is 7.56. The first-order valence-electron chi connectivity index (χ1n) is 11.0. The van der Waals surface area contributed by atoms with Gasteiger partial charge >= 0.3 is 5.97 Å². The topological polar surface area (TPSA) is 79.1 Å². The van der Waals surface area contributed by atoms with Crippen molar-refractivity contribution in [2.75, 3.05) is 20.3 Å². The summed E-state index contributed by atoms with van der Waals surface area (Å²) in [5, 5.41) is 0. The Morgan fingerprint density at radius 3 is 2.56 bits per heavy atom. The molecule has 7 nitrogen and oxygen atoms in total. The van der Waals surface area contributed by atoms with Crippen LogP contribution in [-0.4, -0.2) is 30.9 Å². The van der Waals surface area contributed by atoms with E-state index < -0.39 is 12.0 Å². The number of allylic oxidation sites excluding steroid dienone is 1. The quantitative estimate of drug-likeness (QED) is 0.488. The molecule has 0 fully saturated rings. The molecule has 0 spiro atoms. The highest BCUT2D eigenvalue weighted by molar-refractivity contribution is 7.07. The van der Waals surface area contributed by atoms with Crippen molar-refractivity contribution in [2.24, 2.45) is 4.99 Å². The number of ether oxygens (including phenoxy) is 3. The van der Waals surface area contributed by atoms with E-state index in [1.807, 2.05) is 55.5 Å². The van der Waals surface area contributed by atoms with Crippen molar-refractivity contribution in [2.45, 2.75) is 26.8 Å². The first-order chi connectivity index (χ1) is 16.5. The lowest BCUT2D eigenvalue weighted by atomic mass is 9.96. The number of thiazole rings is 1. The number of carbonyl (C=O) groups is 1. The maximum Gasteiger partial charge on any atom is 0.338 e. The van der Waals surface area contributed by atoms with Crippen molar-refractivity contribution in [3.05, 3.63) is 90.6 Å². The van der Waals surface area contributed by atoms with Gasteiger partial charge in [0.05, 0.1) is 42.2 Å². The largest absolute Gasteiger partial charge is 0.493 e. The lowest BCUT2D eigenvalue weighted by Gasteiger charge is -2.24. The number of hydrogen-bond acceptors (Lipinski definition) is 7. The molecular weight excluding hydrogens is 452 g/mol. The number of benzene rings is 2. The molecular formula is C26H26N2O5S. The molecule has 1 aromatic heterocycles. The van der Waals surface area contributed by atoms with E-state index in [0.717, 1.165) is 11.1 Å². The summed E-state index contributed by atoms with van der Waals surface area (Å²) in [5.74, 6) is 0.761. The molecule has 0 saturated heterocycles. The lowest BCUT2D eigenvalue weighted by Crippen LogP contribution is -2.39. The average molecular weight is 479 g/mol. The molecule has 176 valence electrons. The van der Waals surface area contributed by atoms with Gasteiger partial charge in [-0.15, -0.1) is 0 Å². The smallest absolute Gasteiger partial charge is 0.338 e. The minimum atomic E-state index is -0.617. The predicted molar refractivity (Wildman–Crippen MR) is 131 cm³/mol. The second-order valence-corrected chi connectivity index (χ2v) is 8.57. The summed E-state index contributed by atoms with van der Waals surface area (Å²) in [6, 6.07) is 14.4. The minimum absolute atomic E-state index is 0.222. The van der Waals surface area contributed by atoms with Gasteiger partial charge in [0.2, 0.25) is 0 Å². The van der Waals surface area contributed by atoms with Crippen LogP contribution >= 0.6 is 11.3 Å². The standard InChI is InChI=1S/C26H26N2O5S/c1-5-32-19-13-12-17(14-20(19)31-4)15-21-24(29)28-23(18-10-8-7-9-11-18)22(25(30)33-6-2)16(3)27-26(28)34-21/h7-15,23H,5-6H2,1-4H3/b21-15-/t23-/m0/s1. The molecule has 2 aromatic carbocycles. The van der Waals surface area contributed by atoms with Crippen LogP contribution in [0.4, 0.5) is 0 Å². The minimum Gasteiger partial charge on any atom is -0.493 e. The van der Waals surface area contributed by atoms with E-state index in [9.17, 15) is 9.59 Å². The Hall–Kier alpha value is -3.65. The first-order valence-corrected chi connectivity index (χ1v) is 11.9. The van der Waals surface area contributed by atoms with Crippen LogP contribution in [0.3, 0.4) is 0 Å². The maximum atomic E-state index is 13.6. The van der Waals surface area contributed by atoms with Gasteiger partial charge in [-0.25, -0.2) is 9.79 Å². The molecule has 0 radical (unpaired) electrons. The summed E-state index contributed by atoms with van der Waals surface area (Å²) >= 11 is 1.28. The third kappa shape index (κ3) is 4.41. The van der Waals surface area contributed by atoms with Gasteiger partial charge in [-0.3, -0.25) is 9.36 Å². The third-order valence-electron chi connectivity index (χ3n) is 5.42. The van der Waals surface area contributed by atoms with E-state index in [1.165, 1.54) is 11.3 Å². The Balaban J connectivity index is 1.89. The second kappa shape index (κ2) is 10.1. The fourth-order valence-corrected chi connectivity index (χ4v) is 4.99. The molecule has 4 rings (SSSR count). The lowest BCUT2D eigenvalue weighted by molar-refractivity contribution is -0.139. The number of fused-ring (bicyclic) bond motifs is 1. The molecule has 0 aliphatic carbocycles. The SMILES string of the molecule is CCOC(=O)C1=C(C)N=c2s/c(=C\c3ccc(OCC)c(OC)c3)c(=O)n2[C@H]1c1ccccc1. The van der Waals surface area contributed by atoms with E-state index in [2.05, 4.69) is 4.99 Å². The molecule has 0 unspecified atom stereocenters. The van der Waals surface area contributed by atoms with Crippen LogP contribution in [0.5, 0.6) is 11.5 Å². The van der Waals surface area contributed by atoms with Gasteiger partial charge in [-0.05, 0) is 50.1 Å². The van der Waals surface area contributed by atoms with Gasteiger partial charge in [0.15, 0.2) is 16.3 Å². The number of nitrogens with zero attached hydrogens (tertiary/aromatic N) is 2. The van der Waals surface area contributed by atoms with Crippen LogP contribution in [-0.2, 0) is 9.53 Å². The highest BCUT2D eigenvalue weighted by Gasteiger charge is 2.33. The number of esters is 1. The first kappa shape index (κ1) is 23.5. The number of methoxy groups -OCH3 is 1. The van der Waals surface area contributed by atoms with Crippen LogP contribution in [0, 0.1) is 0 Å². The summed E-state index contributed by atoms with van der Waals surface area (Å²) < 4.78 is 18.4. The number of carbonyl (C=O) groups excluding carboxylic acids is 1. The molecule has 1 aliphatic heterocycles. The summed E-state index contributed by atoms with van der Waals surface area (Å²) in [4.78, 5) is 31.6. The van der Waals surface area contributed by atoms with Crippen molar-refractivity contribution >= 4 is 23.4 Å². The predicted octanol–water partition coefficient (Wildman–Crippen LogP) is 3.21. The number of hydrogen-bond donors (Lipinski definition) is 0. The van der Waals surface area contributed by atoms with Crippen LogP contribution in [0.15, 0.2) is 69.6 Å². The van der Waals surface area contributed by atoms with E-state index in [4.69, 9.17) is 14.2 Å². The molecule has 3 aromatic rings. The normalized spacial score (nSPS) is 15.5. The zero-order valence-electron chi connectivity index (χ0n) is 19.5. The Bertz CT molecular complexity index is 1420. The molecule has 1 aliphatic rings. The van der Waals surface area contributed by atoms with Gasteiger partial charge in [-0.2, -0.15) is 0 Å². The molecule has 2 heterocycles. The third-order valence-corrected chi connectivity index (χ3v) is 6.40. The summed E-state index contributed by atoms with van der Waals surface area (Å²) in [7, 11) is 1.58. The Morgan fingerprint density at radius 1 is 1.12 bits per heavy atom. The van der Waals surface area contributed by atoms with Crippen LogP contribution < -0.4 is 24.4 Å². The number of aromatic nitrogens is 1. The zero-order valence-corrected chi connectivity index (χ0v) is 20.3. The molecule has 0 N–H and O–H groups in total. The monoisotopic (exact) mass is 478 g/mol. The Labute approximate surface area is 201 Å². The van der Waals surface area contributed by atoms with E-state index in [0.29, 0.717) is 38.7 Å². The Kier molecular flexibility index (Phi) is 6.98. The Morgan fingerprint density at radius 2 is 1.88 bits per heavy atom. The fourth-order valence-electron chi connectivity index (χ4n) is 3.94. The van der Waals surface area contributed by atoms with Crippen molar-refractivity contribution in [1.82, 2.24) is 4.57 Å². The zero-order chi connectivity index (χ0) is 24.2. The summed E-state index contributed by atoms with van der Waals surface area (Å²) in [6.07, 6.45) is 1.80. The van der Waals surface area contributed by atoms with Gasteiger partial charge in [-0.1, -0.05) is 47.7 Å². The van der Waals surface area contributed by atoms with E-state index >= 15 is 0 Å². The molecule has 0 saturated carbocycles. The van der Waals surface area contributed by atoms with Crippen molar-refractivity contribution in [3.63, 3.8) is 0 Å². The van der Waals surface area contributed by atoms with E-state index in [-0.39, 0.29) is 12.2 Å². The van der Waals surface area contributed by atoms with Crippen molar-refractivity contribution in [1.29, 1.82) is 0 Å². The van der Waals surface area contributed by atoms with E-state index in [1.54, 1.807) is 31.6 Å². The van der Waals surface area contributed by atoms with Crippen LogP contribution in [0.1, 0.15) is 37.9 Å². The summed E-state index contributed by atoms with van der Waals surface area (Å²) in [6.45, 7) is 6.20. The van der Waals surface area contributed by atoms with Crippen LogP contribution in [0.2, 0.25) is 0 Å². The summed E-state index contributed by atoms with van der Waals surface area (Å²) in [5.41, 5.74) is 2.30. The maximum absolute atomic E-state index is 13.6. The molecule has 0 bridgehead atoms. The highest BCUT2D eigenvalue weighted by atomic mass is 32.1. The fraction of sp³-hybridized carbons (Fsp3) is 0.269. The van der Waals surface area contributed by atoms with Crippen LogP contribution in [0.25, 0.3) is 6.08 Å². The average Bonchev–Trinajstić information content (AvgIpc) is 3.14. The molecule has 34 heavy (non-hydrogen) atoms. The molecule has 1 atom stereocenters.